The number of rotatable bonds is 5. The largest absolute Gasteiger partial charge is 0.370 e. The zero-order valence-electron chi connectivity index (χ0n) is 13.7. The second-order valence-corrected chi connectivity index (χ2v) is 6.03. The number of nitrogens with one attached hydrogen (secondary N) is 1. The van der Waals surface area contributed by atoms with E-state index in [-0.39, 0.29) is 11.9 Å². The number of ether oxygens (including phenoxy) is 2. The highest BCUT2D eigenvalue weighted by molar-refractivity contribution is 5.83. The van der Waals surface area contributed by atoms with Crippen LogP contribution in [-0.4, -0.2) is 49.1 Å². The summed E-state index contributed by atoms with van der Waals surface area (Å²) in [7, 11) is 3.17. The fraction of sp³-hybridized carbons (Fsp3) is 0.625. The number of aromatic nitrogens is 1. The van der Waals surface area contributed by atoms with Crippen molar-refractivity contribution in [2.24, 2.45) is 5.73 Å². The summed E-state index contributed by atoms with van der Waals surface area (Å²) in [5, 5.41) is 3.32. The molecule has 0 spiro atoms. The van der Waals surface area contributed by atoms with Gasteiger partial charge in [-0.1, -0.05) is 0 Å². The van der Waals surface area contributed by atoms with Gasteiger partial charge in [0, 0.05) is 33.9 Å². The first-order valence-corrected chi connectivity index (χ1v) is 8.00. The number of fused-ring (bicyclic) bond motifs is 1. The molecule has 1 aromatic heterocycles. The summed E-state index contributed by atoms with van der Waals surface area (Å²) in [5.74, 6) is 0.886. The van der Waals surface area contributed by atoms with Crippen LogP contribution in [0.4, 0.5) is 5.82 Å². The third-order valence-corrected chi connectivity index (χ3v) is 4.48. The van der Waals surface area contributed by atoms with Crippen LogP contribution < -0.4 is 11.1 Å². The number of nitrogens with zero attached hydrogens (tertiary/aromatic N) is 2. The molecule has 7 nitrogen and oxygen atoms in total. The van der Waals surface area contributed by atoms with Gasteiger partial charge in [-0.05, 0) is 36.5 Å². The fourth-order valence-corrected chi connectivity index (χ4v) is 3.22. The molecule has 1 aromatic rings. The lowest BCUT2D eigenvalue weighted by Gasteiger charge is -2.25. The number of carbonyl (C=O) groups is 1. The van der Waals surface area contributed by atoms with E-state index in [4.69, 9.17) is 20.2 Å². The monoisotopic (exact) mass is 320 g/mol. The first kappa shape index (κ1) is 16.2. The van der Waals surface area contributed by atoms with E-state index in [0.717, 1.165) is 36.5 Å². The molecule has 23 heavy (non-hydrogen) atoms. The molecule has 2 aliphatic heterocycles. The van der Waals surface area contributed by atoms with Crippen molar-refractivity contribution in [1.82, 2.24) is 9.88 Å². The number of aryl methyl sites for hydroxylation is 1. The number of hydrogen-bond acceptors (Lipinski definition) is 6. The molecule has 3 heterocycles. The van der Waals surface area contributed by atoms with Crippen molar-refractivity contribution in [1.29, 1.82) is 0 Å². The first-order chi connectivity index (χ1) is 11.1. The lowest BCUT2D eigenvalue weighted by atomic mass is 10.0. The van der Waals surface area contributed by atoms with Crippen LogP contribution in [0.2, 0.25) is 0 Å². The van der Waals surface area contributed by atoms with Crippen molar-refractivity contribution in [3.8, 4) is 0 Å². The van der Waals surface area contributed by atoms with Crippen LogP contribution >= 0.6 is 0 Å². The number of anilines is 1. The second-order valence-electron chi connectivity index (χ2n) is 6.03. The van der Waals surface area contributed by atoms with Crippen LogP contribution in [-0.2, 0) is 27.2 Å². The Morgan fingerprint density at radius 2 is 2.26 bits per heavy atom. The molecule has 1 unspecified atom stereocenters. The van der Waals surface area contributed by atoms with E-state index in [9.17, 15) is 4.79 Å². The Kier molecular flexibility index (Phi) is 4.79. The predicted octanol–water partition coefficient (Wildman–Crippen LogP) is 0.791. The molecule has 126 valence electrons. The minimum absolute atomic E-state index is 0.00169. The molecule has 3 N–H and O–H groups in total. The van der Waals surface area contributed by atoms with Gasteiger partial charge in [0.15, 0.2) is 0 Å². The highest BCUT2D eigenvalue weighted by Crippen LogP contribution is 2.29. The van der Waals surface area contributed by atoms with Crippen LogP contribution in [0, 0.1) is 0 Å². The summed E-state index contributed by atoms with van der Waals surface area (Å²) < 4.78 is 10.8. The minimum atomic E-state index is -0.551. The van der Waals surface area contributed by atoms with Gasteiger partial charge in [0.05, 0.1) is 6.04 Å². The molecule has 0 aromatic carbocycles. The van der Waals surface area contributed by atoms with Gasteiger partial charge >= 0.3 is 0 Å². The number of carbonyl (C=O) groups excluding carboxylic acids is 1. The van der Waals surface area contributed by atoms with Crippen molar-refractivity contribution < 1.29 is 14.3 Å². The van der Waals surface area contributed by atoms with E-state index in [1.807, 2.05) is 0 Å². The van der Waals surface area contributed by atoms with Crippen LogP contribution in [0.5, 0.6) is 0 Å². The Bertz CT molecular complexity index is 589. The van der Waals surface area contributed by atoms with Gasteiger partial charge in [0.25, 0.3) is 0 Å². The van der Waals surface area contributed by atoms with E-state index < -0.39 is 6.29 Å². The van der Waals surface area contributed by atoms with Crippen molar-refractivity contribution >= 4 is 11.7 Å². The molecule has 0 aliphatic carbocycles. The Labute approximate surface area is 136 Å². The van der Waals surface area contributed by atoms with Gasteiger partial charge in [-0.15, -0.1) is 0 Å². The number of methoxy groups -OCH3 is 2. The van der Waals surface area contributed by atoms with E-state index in [0.29, 0.717) is 19.5 Å². The maximum Gasteiger partial charge on any atom is 0.239 e. The Balaban J connectivity index is 1.94. The van der Waals surface area contributed by atoms with E-state index in [2.05, 4.69) is 11.4 Å². The summed E-state index contributed by atoms with van der Waals surface area (Å²) in [6, 6.07) is 1.73. The zero-order valence-corrected chi connectivity index (χ0v) is 13.7. The van der Waals surface area contributed by atoms with Crippen molar-refractivity contribution in [3.05, 3.63) is 22.9 Å². The van der Waals surface area contributed by atoms with Crippen LogP contribution in [0.15, 0.2) is 6.07 Å². The average molecular weight is 320 g/mol. The lowest BCUT2D eigenvalue weighted by Crippen LogP contribution is -2.34. The zero-order chi connectivity index (χ0) is 16.4. The van der Waals surface area contributed by atoms with Gasteiger partial charge in [-0.25, -0.2) is 4.98 Å². The smallest absolute Gasteiger partial charge is 0.239 e. The molecule has 3 rings (SSSR count). The third-order valence-electron chi connectivity index (χ3n) is 4.48. The summed E-state index contributed by atoms with van der Waals surface area (Å²) in [6.45, 7) is 2.09. The summed E-state index contributed by atoms with van der Waals surface area (Å²) in [5.41, 5.74) is 8.68. The van der Waals surface area contributed by atoms with Gasteiger partial charge in [-0.3, -0.25) is 4.79 Å². The molecule has 7 heteroatoms. The Morgan fingerprint density at radius 3 is 2.91 bits per heavy atom. The third kappa shape index (κ3) is 3.17. The van der Waals surface area contributed by atoms with Gasteiger partial charge in [-0.2, -0.15) is 0 Å². The normalized spacial score (nSPS) is 20.8. The molecule has 0 bridgehead atoms. The maximum atomic E-state index is 12.1. The predicted molar refractivity (Wildman–Crippen MR) is 85.8 cm³/mol. The van der Waals surface area contributed by atoms with Crippen molar-refractivity contribution in [2.75, 3.05) is 32.6 Å². The van der Waals surface area contributed by atoms with Crippen LogP contribution in [0.3, 0.4) is 0 Å². The Hall–Kier alpha value is -1.70. The van der Waals surface area contributed by atoms with E-state index in [1.165, 1.54) is 5.56 Å². The molecule has 1 fully saturated rings. The number of pyridine rings is 1. The Morgan fingerprint density at radius 1 is 1.48 bits per heavy atom. The minimum Gasteiger partial charge on any atom is -0.370 e. The first-order valence-electron chi connectivity index (χ1n) is 8.00. The fourth-order valence-electron chi connectivity index (χ4n) is 3.22. The standard InChI is InChI=1S/C16H24N4O3/c1-22-16(23-2)13-11(9-20-7-5-12(17)15(20)21)8-10-4-3-6-18-14(10)19-13/h8,12,16H,3-7,9,17H2,1-2H3,(H,18,19). The van der Waals surface area contributed by atoms with Crippen LogP contribution in [0.25, 0.3) is 0 Å². The SMILES string of the molecule is COC(OC)c1nc2c(cc1CN1CCC(N)C1=O)CCCN2. The molecule has 1 amide bonds. The second kappa shape index (κ2) is 6.82. The lowest BCUT2D eigenvalue weighted by molar-refractivity contribution is -0.129. The number of amides is 1. The molecule has 1 atom stereocenters. The molecule has 0 saturated carbocycles. The quantitative estimate of drug-likeness (QED) is 0.780. The summed E-state index contributed by atoms with van der Waals surface area (Å²) in [4.78, 5) is 18.6. The van der Waals surface area contributed by atoms with Gasteiger partial charge < -0.3 is 25.4 Å². The summed E-state index contributed by atoms with van der Waals surface area (Å²) >= 11 is 0. The van der Waals surface area contributed by atoms with Gasteiger partial charge in [0.2, 0.25) is 12.2 Å². The van der Waals surface area contributed by atoms with Crippen molar-refractivity contribution in [2.45, 2.75) is 38.1 Å². The molecule has 2 aliphatic rings. The maximum absolute atomic E-state index is 12.1. The summed E-state index contributed by atoms with van der Waals surface area (Å²) in [6.07, 6.45) is 2.22. The molecular weight excluding hydrogens is 296 g/mol. The number of nitrogens with two attached hydrogens (primary N) is 1. The molecule has 0 radical (unpaired) electrons. The molecule has 1 saturated heterocycles. The van der Waals surface area contributed by atoms with E-state index in [1.54, 1.807) is 19.1 Å². The highest BCUT2D eigenvalue weighted by atomic mass is 16.7. The van der Waals surface area contributed by atoms with Crippen molar-refractivity contribution in [3.63, 3.8) is 0 Å². The highest BCUT2D eigenvalue weighted by Gasteiger charge is 2.30. The molecular formula is C16H24N4O3. The average Bonchev–Trinajstić information content (AvgIpc) is 2.88. The van der Waals surface area contributed by atoms with E-state index >= 15 is 0 Å². The number of hydrogen-bond donors (Lipinski definition) is 2. The van der Waals surface area contributed by atoms with Gasteiger partial charge in [0.1, 0.15) is 11.5 Å². The van der Waals surface area contributed by atoms with Crippen LogP contribution in [0.1, 0.15) is 36.0 Å². The topological polar surface area (TPSA) is 89.7 Å². The number of likely N-dealkylation sites (tertiary alicyclic amines) is 1.